The fourth-order valence-electron chi connectivity index (χ4n) is 3.33. The Morgan fingerprint density at radius 2 is 1.44 bits per heavy atom. The molecule has 0 atom stereocenters. The first-order chi connectivity index (χ1) is 15.8. The van der Waals surface area contributed by atoms with E-state index in [1.807, 2.05) is 0 Å². The molecule has 1 amide bonds. The van der Waals surface area contributed by atoms with Crippen molar-refractivity contribution in [1.29, 1.82) is 0 Å². The topological polar surface area (TPSA) is 72.9 Å². The Hall–Kier alpha value is -3.13. The number of hydroxylamine groups is 2. The summed E-state index contributed by atoms with van der Waals surface area (Å²) in [5.41, 5.74) is 0.208. The maximum Gasteiger partial charge on any atom is 0.497 e. The van der Waals surface area contributed by atoms with Crippen molar-refractivity contribution in [2.75, 3.05) is 33.3 Å². The number of Topliss-reactive ketones (excluding diaryl/α,β-unsaturated/α-hetero) is 1. The minimum Gasteiger partial charge on any atom is -0.497 e. The second-order valence-electron chi connectivity index (χ2n) is 7.19. The number of carbonyl (C=O) groups is 3. The number of halogens is 6. The molecule has 2 heterocycles. The van der Waals surface area contributed by atoms with E-state index < -0.39 is 39.5 Å². The molecule has 0 N–H and O–H groups in total. The highest BCUT2D eigenvalue weighted by Crippen LogP contribution is 2.32. The highest BCUT2D eigenvalue weighted by atomic mass is 32.1. The largest absolute Gasteiger partial charge is 0.497 e. The summed E-state index contributed by atoms with van der Waals surface area (Å²) in [5.74, 6) is -4.76. The van der Waals surface area contributed by atoms with Crippen LogP contribution in [0, 0.1) is 0 Å². The van der Waals surface area contributed by atoms with Gasteiger partial charge in [-0.1, -0.05) is 4.65 Å². The number of hydrogen-bond donors (Lipinski definition) is 0. The van der Waals surface area contributed by atoms with E-state index in [0.29, 0.717) is 17.1 Å². The van der Waals surface area contributed by atoms with Crippen molar-refractivity contribution >= 4 is 34.7 Å². The number of nitrogens with zero attached hydrogens (tertiary/aromatic N) is 2. The molecular formula is C20H17F6N2O5S+. The summed E-state index contributed by atoms with van der Waals surface area (Å²) in [4.78, 5) is 41.0. The minimum absolute atomic E-state index is 0.135. The molecule has 0 unspecified atom stereocenters. The summed E-state index contributed by atoms with van der Waals surface area (Å²) in [5, 5.41) is 0. The molecule has 7 nitrogen and oxygen atoms in total. The van der Waals surface area contributed by atoms with Crippen LogP contribution in [0.15, 0.2) is 36.4 Å². The lowest BCUT2D eigenvalue weighted by Crippen LogP contribution is -2.63. The van der Waals surface area contributed by atoms with Gasteiger partial charge in [0.2, 0.25) is 0 Å². The zero-order chi connectivity index (χ0) is 25.3. The van der Waals surface area contributed by atoms with Gasteiger partial charge < -0.3 is 9.64 Å². The van der Waals surface area contributed by atoms with E-state index in [4.69, 9.17) is 9.57 Å². The number of piperazine rings is 1. The van der Waals surface area contributed by atoms with Gasteiger partial charge in [-0.15, -0.1) is 11.3 Å². The lowest BCUT2D eigenvalue weighted by atomic mass is 10.2. The molecule has 1 fully saturated rings. The van der Waals surface area contributed by atoms with Crippen LogP contribution in [0.1, 0.15) is 19.3 Å². The van der Waals surface area contributed by atoms with Crippen molar-refractivity contribution in [2.24, 2.45) is 0 Å². The SMILES string of the molecule is COc1ccc([N+]2(OC(=O)C(F)(F)F)CCN(C(=O)c3ccc(C(=O)C(F)(F)F)s3)CC2)cc1. The van der Waals surface area contributed by atoms with Crippen LogP contribution in [-0.4, -0.2) is 68.2 Å². The second kappa shape index (κ2) is 9.25. The van der Waals surface area contributed by atoms with E-state index in [0.717, 1.165) is 12.1 Å². The monoisotopic (exact) mass is 511 g/mol. The second-order valence-corrected chi connectivity index (χ2v) is 8.28. The third-order valence-electron chi connectivity index (χ3n) is 5.08. The van der Waals surface area contributed by atoms with E-state index in [-0.39, 0.29) is 36.7 Å². The van der Waals surface area contributed by atoms with E-state index in [1.165, 1.54) is 36.3 Å². The molecule has 34 heavy (non-hydrogen) atoms. The number of hydrogen-bond acceptors (Lipinski definition) is 6. The van der Waals surface area contributed by atoms with E-state index in [9.17, 15) is 40.7 Å². The molecule has 1 aliphatic rings. The summed E-state index contributed by atoms with van der Waals surface area (Å²) >= 11 is 0.370. The minimum atomic E-state index is -5.25. The van der Waals surface area contributed by atoms with Gasteiger partial charge in [-0.25, -0.2) is 4.79 Å². The number of quaternary nitrogens is 1. The normalized spacial score (nSPS) is 16.1. The summed E-state index contributed by atoms with van der Waals surface area (Å²) in [6.07, 6.45) is -10.3. The Kier molecular flexibility index (Phi) is 6.94. The number of methoxy groups -OCH3 is 1. The van der Waals surface area contributed by atoms with Crippen LogP contribution < -0.4 is 9.38 Å². The smallest absolute Gasteiger partial charge is 0.497 e. The molecule has 0 bridgehead atoms. The Morgan fingerprint density at radius 1 is 0.882 bits per heavy atom. The van der Waals surface area contributed by atoms with Crippen molar-refractivity contribution in [3.05, 3.63) is 46.2 Å². The molecule has 0 spiro atoms. The molecular weight excluding hydrogens is 494 g/mol. The van der Waals surface area contributed by atoms with Crippen molar-refractivity contribution in [1.82, 2.24) is 9.55 Å². The first kappa shape index (κ1) is 25.5. The van der Waals surface area contributed by atoms with Crippen LogP contribution in [-0.2, 0) is 9.63 Å². The average molecular weight is 511 g/mol. The molecule has 3 rings (SSSR count). The van der Waals surface area contributed by atoms with Gasteiger partial charge >= 0.3 is 18.3 Å². The number of rotatable bonds is 5. The summed E-state index contributed by atoms with van der Waals surface area (Å²) in [7, 11) is 1.39. The van der Waals surface area contributed by atoms with Gasteiger partial charge in [0.1, 0.15) is 18.8 Å². The summed E-state index contributed by atoms with van der Waals surface area (Å²) in [6, 6.07) is 7.76. The van der Waals surface area contributed by atoms with Crippen LogP contribution in [0.4, 0.5) is 32.0 Å². The standard InChI is InChI=1S/C20H17F6N2O5S/c1-32-13-4-2-12(3-5-13)28(33-18(31)20(24,25)26)10-8-27(9-11-28)17(30)15-7-6-14(34-15)16(29)19(21,22)23/h2-7H,8-11H2,1H3/q+1. The van der Waals surface area contributed by atoms with Gasteiger partial charge in [-0.2, -0.15) is 26.3 Å². The van der Waals surface area contributed by atoms with Crippen molar-refractivity contribution in [3.63, 3.8) is 0 Å². The van der Waals surface area contributed by atoms with Crippen LogP contribution in [0.25, 0.3) is 0 Å². The highest BCUT2D eigenvalue weighted by molar-refractivity contribution is 7.16. The van der Waals surface area contributed by atoms with Gasteiger partial charge in [0.15, 0.2) is 5.69 Å². The zero-order valence-corrected chi connectivity index (χ0v) is 18.2. The Labute approximate surface area is 192 Å². The first-order valence-corrected chi connectivity index (χ1v) is 10.4. The zero-order valence-electron chi connectivity index (χ0n) is 17.4. The van der Waals surface area contributed by atoms with E-state index in [1.54, 1.807) is 0 Å². The summed E-state index contributed by atoms with van der Waals surface area (Å²) < 4.78 is 80.7. The molecule has 1 aromatic heterocycles. The molecule has 184 valence electrons. The van der Waals surface area contributed by atoms with Crippen molar-refractivity contribution in [3.8, 4) is 5.75 Å². The number of thiophene rings is 1. The predicted molar refractivity (Wildman–Crippen MR) is 107 cm³/mol. The quantitative estimate of drug-likeness (QED) is 0.345. The number of amides is 1. The third kappa shape index (κ3) is 5.33. The number of ketones is 1. The molecule has 1 aromatic carbocycles. The Morgan fingerprint density at radius 3 is 1.94 bits per heavy atom. The maximum absolute atomic E-state index is 12.9. The molecule has 1 saturated heterocycles. The van der Waals surface area contributed by atoms with Crippen molar-refractivity contribution < 1.29 is 50.3 Å². The number of carbonyl (C=O) groups excluding carboxylic acids is 3. The van der Waals surface area contributed by atoms with Crippen LogP contribution in [0.3, 0.4) is 0 Å². The number of alkyl halides is 6. The summed E-state index contributed by atoms with van der Waals surface area (Å²) in [6.45, 7) is -0.841. The number of benzene rings is 1. The molecule has 2 aromatic rings. The van der Waals surface area contributed by atoms with Gasteiger partial charge in [-0.05, 0) is 24.3 Å². The Balaban J connectivity index is 1.80. The third-order valence-corrected chi connectivity index (χ3v) is 6.15. The van der Waals surface area contributed by atoms with E-state index >= 15 is 0 Å². The molecule has 0 aliphatic carbocycles. The fourth-order valence-corrected chi connectivity index (χ4v) is 4.26. The van der Waals surface area contributed by atoms with Crippen LogP contribution >= 0.6 is 11.3 Å². The van der Waals surface area contributed by atoms with Crippen LogP contribution in [0.2, 0.25) is 0 Å². The average Bonchev–Trinajstić information content (AvgIpc) is 3.27. The lowest BCUT2D eigenvalue weighted by molar-refractivity contribution is -0.238. The number of ether oxygens (including phenoxy) is 1. The Bertz CT molecular complexity index is 1070. The maximum atomic E-state index is 12.9. The fraction of sp³-hybridized carbons (Fsp3) is 0.350. The first-order valence-electron chi connectivity index (χ1n) is 9.60. The van der Waals surface area contributed by atoms with Crippen LogP contribution in [0.5, 0.6) is 5.75 Å². The van der Waals surface area contributed by atoms with Crippen molar-refractivity contribution in [2.45, 2.75) is 12.4 Å². The highest BCUT2D eigenvalue weighted by Gasteiger charge is 2.50. The predicted octanol–water partition coefficient (Wildman–Crippen LogP) is 3.99. The molecule has 0 radical (unpaired) electrons. The lowest BCUT2D eigenvalue weighted by Gasteiger charge is -2.40. The molecule has 1 aliphatic heterocycles. The van der Waals surface area contributed by atoms with Gasteiger partial charge in [0.05, 0.1) is 30.0 Å². The van der Waals surface area contributed by atoms with Gasteiger partial charge in [0, 0.05) is 12.1 Å². The van der Waals surface area contributed by atoms with E-state index in [2.05, 4.69) is 0 Å². The van der Waals surface area contributed by atoms with Gasteiger partial charge in [-0.3, -0.25) is 14.4 Å². The molecule has 0 saturated carbocycles. The van der Waals surface area contributed by atoms with Gasteiger partial charge in [0.25, 0.3) is 11.7 Å². The molecule has 14 heteroatoms.